The number of ether oxygens (including phenoxy) is 1. The van der Waals surface area contributed by atoms with Crippen LogP contribution in [0.2, 0.25) is 0 Å². The summed E-state index contributed by atoms with van der Waals surface area (Å²) < 4.78 is 4.29. The lowest BCUT2D eigenvalue weighted by Gasteiger charge is -1.96. The van der Waals surface area contributed by atoms with Gasteiger partial charge in [-0.05, 0) is 0 Å². The Hall–Kier alpha value is -1.19. The van der Waals surface area contributed by atoms with Crippen molar-refractivity contribution in [3.8, 4) is 0 Å². The van der Waals surface area contributed by atoms with E-state index < -0.39 is 5.97 Å². The van der Waals surface area contributed by atoms with E-state index in [-0.39, 0.29) is 0 Å². The molecule has 0 atom stereocenters. The molecule has 52 valence electrons. The first-order valence-corrected chi connectivity index (χ1v) is 2.43. The fourth-order valence-electron chi connectivity index (χ4n) is 0.258. The summed E-state index contributed by atoms with van der Waals surface area (Å²) in [7, 11) is 2.91. The van der Waals surface area contributed by atoms with Crippen molar-refractivity contribution in [1.29, 1.82) is 0 Å². The molecule has 0 saturated heterocycles. The van der Waals surface area contributed by atoms with Crippen LogP contribution in [-0.4, -0.2) is 20.1 Å². The zero-order valence-corrected chi connectivity index (χ0v) is 5.47. The van der Waals surface area contributed by atoms with Gasteiger partial charge in [-0.25, -0.2) is 4.79 Å². The van der Waals surface area contributed by atoms with Crippen molar-refractivity contribution in [3.05, 3.63) is 11.9 Å². The van der Waals surface area contributed by atoms with Crippen LogP contribution in [0.25, 0.3) is 0 Å². The summed E-state index contributed by atoms with van der Waals surface area (Å²) in [5, 5.41) is 2.57. The van der Waals surface area contributed by atoms with Gasteiger partial charge in [0, 0.05) is 7.05 Å². The molecule has 0 radical (unpaired) electrons. The number of esters is 1. The molecule has 0 unspecified atom stereocenters. The maximum absolute atomic E-state index is 10.4. The van der Waals surface area contributed by atoms with Crippen molar-refractivity contribution in [2.75, 3.05) is 14.2 Å². The van der Waals surface area contributed by atoms with Crippen LogP contribution >= 0.6 is 0 Å². The Bertz CT molecular complexity index is 131. The fourth-order valence-corrected chi connectivity index (χ4v) is 0.258. The minimum absolute atomic E-state index is 0.293. The normalized spacial score (nSPS) is 10.7. The van der Waals surface area contributed by atoms with Crippen molar-refractivity contribution in [3.63, 3.8) is 0 Å². The van der Waals surface area contributed by atoms with Crippen molar-refractivity contribution in [2.24, 2.45) is 5.73 Å². The molecule has 0 aromatic rings. The summed E-state index contributed by atoms with van der Waals surface area (Å²) in [6, 6.07) is 0. The van der Waals surface area contributed by atoms with Gasteiger partial charge in [-0.3, -0.25) is 0 Å². The lowest BCUT2D eigenvalue weighted by Crippen LogP contribution is -2.16. The van der Waals surface area contributed by atoms with Crippen LogP contribution in [0.15, 0.2) is 11.9 Å². The Balaban J connectivity index is 3.79. The summed E-state index contributed by atoms with van der Waals surface area (Å²) in [5.74, 6) is -0.163. The fraction of sp³-hybridized carbons (Fsp3) is 0.400. The molecule has 0 saturated carbocycles. The molecule has 9 heavy (non-hydrogen) atoms. The summed E-state index contributed by atoms with van der Waals surface area (Å²) in [4.78, 5) is 10.4. The molecule has 0 fully saturated rings. The van der Waals surface area contributed by atoms with E-state index in [0.717, 1.165) is 0 Å². The van der Waals surface area contributed by atoms with Crippen molar-refractivity contribution in [2.45, 2.75) is 0 Å². The molecule has 0 aliphatic heterocycles. The van der Waals surface area contributed by atoms with E-state index in [1.54, 1.807) is 7.05 Å². The number of methoxy groups -OCH3 is 1. The summed E-state index contributed by atoms with van der Waals surface area (Å²) >= 11 is 0. The highest BCUT2D eigenvalue weighted by atomic mass is 16.5. The Morgan fingerprint density at radius 2 is 2.33 bits per heavy atom. The first-order chi connectivity index (χ1) is 4.20. The van der Waals surface area contributed by atoms with Crippen LogP contribution in [0.1, 0.15) is 0 Å². The summed E-state index contributed by atoms with van der Waals surface area (Å²) in [5.41, 5.74) is 5.20. The van der Waals surface area contributed by atoms with E-state index in [2.05, 4.69) is 10.1 Å². The molecule has 0 heterocycles. The Labute approximate surface area is 53.7 Å². The average Bonchev–Trinajstić information content (AvgIpc) is 1.87. The zero-order chi connectivity index (χ0) is 7.28. The van der Waals surface area contributed by atoms with E-state index in [1.807, 2.05) is 0 Å². The van der Waals surface area contributed by atoms with Crippen molar-refractivity contribution < 1.29 is 9.53 Å². The monoisotopic (exact) mass is 130 g/mol. The second-order valence-electron chi connectivity index (χ2n) is 1.37. The average molecular weight is 130 g/mol. The smallest absolute Gasteiger partial charge is 0.334 e. The lowest BCUT2D eigenvalue weighted by atomic mass is 10.5. The summed E-state index contributed by atoms with van der Waals surface area (Å²) in [6.07, 6.45) is 1.17. The van der Waals surface area contributed by atoms with Gasteiger partial charge < -0.3 is 15.8 Å². The maximum Gasteiger partial charge on any atom is 0.334 e. The van der Waals surface area contributed by atoms with E-state index >= 15 is 0 Å². The number of hydrogen-bond acceptors (Lipinski definition) is 4. The van der Waals surface area contributed by atoms with E-state index in [1.165, 1.54) is 13.2 Å². The number of nitrogens with one attached hydrogen (secondary N) is 1. The molecule has 4 nitrogen and oxygen atoms in total. The molecule has 0 aliphatic rings. The molecule has 0 spiro atoms. The topological polar surface area (TPSA) is 64.3 Å². The van der Waals surface area contributed by atoms with Crippen molar-refractivity contribution >= 4 is 5.97 Å². The van der Waals surface area contributed by atoms with Gasteiger partial charge in [0.15, 0.2) is 0 Å². The first kappa shape index (κ1) is 7.81. The zero-order valence-electron chi connectivity index (χ0n) is 5.47. The van der Waals surface area contributed by atoms with Crippen LogP contribution in [0, 0.1) is 0 Å². The number of nitrogens with two attached hydrogens (primary N) is 1. The van der Waals surface area contributed by atoms with Crippen LogP contribution < -0.4 is 11.1 Å². The van der Waals surface area contributed by atoms with Crippen LogP contribution in [0.3, 0.4) is 0 Å². The van der Waals surface area contributed by atoms with Gasteiger partial charge in [0.1, 0.15) is 5.82 Å². The molecule has 0 aromatic heterocycles. The first-order valence-electron chi connectivity index (χ1n) is 2.43. The van der Waals surface area contributed by atoms with Gasteiger partial charge in [0.25, 0.3) is 0 Å². The standard InChI is InChI=1S/C5H10N2O2/c1-7-4(6)3-5(8)9-2/h3,7H,6H2,1-2H3/b4-3-. The lowest BCUT2D eigenvalue weighted by molar-refractivity contribution is -0.134. The Morgan fingerprint density at radius 3 is 2.67 bits per heavy atom. The Morgan fingerprint density at radius 1 is 1.78 bits per heavy atom. The van der Waals surface area contributed by atoms with Crippen molar-refractivity contribution in [1.82, 2.24) is 5.32 Å². The number of hydrogen-bond donors (Lipinski definition) is 2. The highest BCUT2D eigenvalue weighted by Crippen LogP contribution is 1.78. The van der Waals surface area contributed by atoms with Gasteiger partial charge in [0.2, 0.25) is 0 Å². The highest BCUT2D eigenvalue weighted by Gasteiger charge is 1.92. The second-order valence-corrected chi connectivity index (χ2v) is 1.37. The van der Waals surface area contributed by atoms with Crippen LogP contribution in [0.4, 0.5) is 0 Å². The van der Waals surface area contributed by atoms with Crippen LogP contribution in [0.5, 0.6) is 0 Å². The predicted molar refractivity (Wildman–Crippen MR) is 33.3 cm³/mol. The SMILES string of the molecule is CN/C(N)=C\C(=O)OC. The van der Waals surface area contributed by atoms with Gasteiger partial charge in [0.05, 0.1) is 13.2 Å². The largest absolute Gasteiger partial charge is 0.466 e. The maximum atomic E-state index is 10.4. The minimum atomic E-state index is -0.457. The van der Waals surface area contributed by atoms with E-state index in [0.29, 0.717) is 5.82 Å². The molecule has 0 aromatic carbocycles. The second kappa shape index (κ2) is 3.77. The molecule has 0 amide bonds. The molecular weight excluding hydrogens is 120 g/mol. The summed E-state index contributed by atoms with van der Waals surface area (Å²) in [6.45, 7) is 0. The highest BCUT2D eigenvalue weighted by molar-refractivity contribution is 5.82. The third-order valence-electron chi connectivity index (χ3n) is 0.763. The van der Waals surface area contributed by atoms with E-state index in [4.69, 9.17) is 5.73 Å². The molecule has 0 bridgehead atoms. The van der Waals surface area contributed by atoms with Gasteiger partial charge >= 0.3 is 5.97 Å². The van der Waals surface area contributed by atoms with Gasteiger partial charge in [-0.1, -0.05) is 0 Å². The quantitative estimate of drug-likeness (QED) is 0.378. The molecule has 3 N–H and O–H groups in total. The Kier molecular flexibility index (Phi) is 3.27. The third-order valence-corrected chi connectivity index (χ3v) is 0.763. The molecule has 0 rings (SSSR count). The third kappa shape index (κ3) is 3.40. The number of rotatable bonds is 2. The number of carbonyl (C=O) groups excluding carboxylic acids is 1. The number of carbonyl (C=O) groups is 1. The molecule has 0 aliphatic carbocycles. The minimum Gasteiger partial charge on any atom is -0.466 e. The van der Waals surface area contributed by atoms with Gasteiger partial charge in [-0.2, -0.15) is 0 Å². The molecule has 4 heteroatoms. The van der Waals surface area contributed by atoms with Gasteiger partial charge in [-0.15, -0.1) is 0 Å². The van der Waals surface area contributed by atoms with E-state index in [9.17, 15) is 4.79 Å². The molecular formula is C5H10N2O2. The predicted octanol–water partition coefficient (Wildman–Crippen LogP) is -0.821. The van der Waals surface area contributed by atoms with Crippen LogP contribution in [-0.2, 0) is 9.53 Å².